The highest BCUT2D eigenvalue weighted by molar-refractivity contribution is 9.10. The van der Waals surface area contributed by atoms with E-state index >= 15 is 0 Å². The number of rotatable bonds is 1. The maximum absolute atomic E-state index is 12.4. The van der Waals surface area contributed by atoms with Crippen molar-refractivity contribution in [2.24, 2.45) is 19.1 Å². The predicted molar refractivity (Wildman–Crippen MR) is 86.3 cm³/mol. The van der Waals surface area contributed by atoms with Gasteiger partial charge in [-0.05, 0) is 35.0 Å². The molecular weight excluding hydrogens is 352 g/mol. The normalized spacial score (nSPS) is 12.3. The first-order valence-corrected chi connectivity index (χ1v) is 7.91. The number of para-hydroxylation sites is 1. The van der Waals surface area contributed by atoms with Crippen LogP contribution in [0, 0.1) is 6.92 Å². The molecule has 0 fully saturated rings. The van der Waals surface area contributed by atoms with Crippen LogP contribution in [0.4, 0.5) is 0 Å². The summed E-state index contributed by atoms with van der Waals surface area (Å²) in [5.41, 5.74) is 2.39. The molecule has 7 heteroatoms. The van der Waals surface area contributed by atoms with E-state index in [4.69, 9.17) is 0 Å². The Labute approximate surface area is 133 Å². The average Bonchev–Trinajstić information content (AvgIpc) is 2.92. The molecule has 0 unspecified atom stereocenters. The lowest BCUT2D eigenvalue weighted by Gasteiger charge is -1.99. The van der Waals surface area contributed by atoms with Gasteiger partial charge in [0.05, 0.1) is 16.4 Å². The molecule has 0 N–H and O–H groups in total. The Morgan fingerprint density at radius 2 is 2.14 bits per heavy atom. The van der Waals surface area contributed by atoms with E-state index in [9.17, 15) is 4.79 Å². The SMILES string of the molecule is Cc1cnn(C)c1C(=O)N=c1sc2cccc(Br)c2n1C. The van der Waals surface area contributed by atoms with E-state index in [1.807, 2.05) is 36.7 Å². The van der Waals surface area contributed by atoms with Gasteiger partial charge in [-0.2, -0.15) is 10.1 Å². The first kappa shape index (κ1) is 14.2. The lowest BCUT2D eigenvalue weighted by molar-refractivity contribution is 0.0988. The summed E-state index contributed by atoms with van der Waals surface area (Å²) in [5.74, 6) is -0.272. The van der Waals surface area contributed by atoms with Crippen LogP contribution < -0.4 is 4.80 Å². The molecule has 3 rings (SSSR count). The highest BCUT2D eigenvalue weighted by atomic mass is 79.9. The van der Waals surface area contributed by atoms with E-state index in [1.54, 1.807) is 17.9 Å². The number of amides is 1. The van der Waals surface area contributed by atoms with Crippen molar-refractivity contribution >= 4 is 43.4 Å². The molecule has 0 bridgehead atoms. The zero-order chi connectivity index (χ0) is 15.1. The minimum atomic E-state index is -0.272. The lowest BCUT2D eigenvalue weighted by atomic mass is 10.3. The van der Waals surface area contributed by atoms with Crippen molar-refractivity contribution in [2.45, 2.75) is 6.92 Å². The van der Waals surface area contributed by atoms with E-state index in [2.05, 4.69) is 26.0 Å². The fourth-order valence-corrected chi connectivity index (χ4v) is 4.06. The number of carbonyl (C=O) groups excluding carboxylic acids is 1. The molecule has 2 aromatic heterocycles. The van der Waals surface area contributed by atoms with E-state index in [1.165, 1.54) is 11.3 Å². The Morgan fingerprint density at radius 3 is 2.76 bits per heavy atom. The number of carbonyl (C=O) groups is 1. The Balaban J connectivity index is 2.19. The van der Waals surface area contributed by atoms with Gasteiger partial charge in [-0.15, -0.1) is 0 Å². The van der Waals surface area contributed by atoms with Gasteiger partial charge in [0.2, 0.25) is 0 Å². The summed E-state index contributed by atoms with van der Waals surface area (Å²) < 4.78 is 5.56. The quantitative estimate of drug-likeness (QED) is 0.666. The van der Waals surface area contributed by atoms with Gasteiger partial charge in [0, 0.05) is 24.1 Å². The van der Waals surface area contributed by atoms with Crippen LogP contribution in [-0.2, 0) is 14.1 Å². The number of aryl methyl sites for hydroxylation is 3. The monoisotopic (exact) mass is 364 g/mol. The summed E-state index contributed by atoms with van der Waals surface area (Å²) in [6, 6.07) is 5.97. The number of thiazole rings is 1. The number of halogens is 1. The first-order valence-electron chi connectivity index (χ1n) is 6.30. The highest BCUT2D eigenvalue weighted by Crippen LogP contribution is 2.24. The summed E-state index contributed by atoms with van der Waals surface area (Å²) in [4.78, 5) is 17.3. The third-order valence-electron chi connectivity index (χ3n) is 3.29. The molecule has 1 amide bonds. The summed E-state index contributed by atoms with van der Waals surface area (Å²) in [7, 11) is 3.66. The Bertz CT molecular complexity index is 899. The van der Waals surface area contributed by atoms with E-state index in [0.29, 0.717) is 10.5 Å². The molecule has 0 aliphatic carbocycles. The summed E-state index contributed by atoms with van der Waals surface area (Å²) in [5, 5.41) is 4.08. The largest absolute Gasteiger partial charge is 0.318 e. The molecule has 2 heterocycles. The van der Waals surface area contributed by atoms with Gasteiger partial charge in [0.15, 0.2) is 4.80 Å². The summed E-state index contributed by atoms with van der Waals surface area (Å²) in [6.45, 7) is 1.86. The number of fused-ring (bicyclic) bond motifs is 1. The van der Waals surface area contributed by atoms with Crippen LogP contribution in [0.3, 0.4) is 0 Å². The maximum Gasteiger partial charge on any atom is 0.298 e. The number of aromatic nitrogens is 3. The van der Waals surface area contributed by atoms with E-state index < -0.39 is 0 Å². The Hall–Kier alpha value is -1.73. The minimum Gasteiger partial charge on any atom is -0.318 e. The lowest BCUT2D eigenvalue weighted by Crippen LogP contribution is -2.15. The van der Waals surface area contributed by atoms with Crippen molar-refractivity contribution in [3.63, 3.8) is 0 Å². The zero-order valence-electron chi connectivity index (χ0n) is 11.8. The second kappa shape index (κ2) is 5.23. The standard InChI is InChI=1S/C14H13BrN4OS/c1-8-7-16-19(3)11(8)13(20)17-14-18(2)12-9(15)5-4-6-10(12)21-14/h4-7H,1-3H3. The smallest absolute Gasteiger partial charge is 0.298 e. The topological polar surface area (TPSA) is 52.2 Å². The molecule has 0 saturated heterocycles. The van der Waals surface area contributed by atoms with Crippen LogP contribution >= 0.6 is 27.3 Å². The van der Waals surface area contributed by atoms with Gasteiger partial charge in [-0.1, -0.05) is 17.4 Å². The maximum atomic E-state index is 12.4. The van der Waals surface area contributed by atoms with Crippen molar-refractivity contribution in [3.8, 4) is 0 Å². The van der Waals surface area contributed by atoms with Gasteiger partial charge < -0.3 is 4.57 Å². The molecule has 0 spiro atoms. The average molecular weight is 365 g/mol. The van der Waals surface area contributed by atoms with Crippen molar-refractivity contribution in [2.75, 3.05) is 0 Å². The molecular formula is C14H13BrN4OS. The molecule has 3 aromatic rings. The summed E-state index contributed by atoms with van der Waals surface area (Å²) in [6.07, 6.45) is 1.67. The minimum absolute atomic E-state index is 0.272. The molecule has 0 aliphatic rings. The summed E-state index contributed by atoms with van der Waals surface area (Å²) >= 11 is 5.03. The third-order valence-corrected chi connectivity index (χ3v) is 5.03. The van der Waals surface area contributed by atoms with Crippen molar-refractivity contribution < 1.29 is 4.79 Å². The van der Waals surface area contributed by atoms with Crippen LogP contribution in [0.5, 0.6) is 0 Å². The van der Waals surface area contributed by atoms with Crippen molar-refractivity contribution in [1.29, 1.82) is 0 Å². The second-order valence-electron chi connectivity index (χ2n) is 4.75. The van der Waals surface area contributed by atoms with Crippen LogP contribution in [0.2, 0.25) is 0 Å². The molecule has 0 atom stereocenters. The number of hydrogen-bond acceptors (Lipinski definition) is 3. The fraction of sp³-hybridized carbons (Fsp3) is 0.214. The van der Waals surface area contributed by atoms with Crippen LogP contribution in [0.25, 0.3) is 10.2 Å². The molecule has 108 valence electrons. The predicted octanol–water partition coefficient (Wildman–Crippen LogP) is 2.79. The Morgan fingerprint density at radius 1 is 1.38 bits per heavy atom. The first-order chi connectivity index (χ1) is 9.99. The number of nitrogens with zero attached hydrogens (tertiary/aromatic N) is 4. The van der Waals surface area contributed by atoms with E-state index in [-0.39, 0.29) is 5.91 Å². The van der Waals surface area contributed by atoms with Gasteiger partial charge in [-0.3, -0.25) is 9.48 Å². The van der Waals surface area contributed by atoms with Crippen LogP contribution in [-0.4, -0.2) is 20.3 Å². The van der Waals surface area contributed by atoms with Gasteiger partial charge >= 0.3 is 0 Å². The molecule has 0 aliphatic heterocycles. The molecule has 0 radical (unpaired) electrons. The van der Waals surface area contributed by atoms with Crippen molar-refractivity contribution in [1.82, 2.24) is 14.3 Å². The molecule has 5 nitrogen and oxygen atoms in total. The molecule has 1 aromatic carbocycles. The molecule has 0 saturated carbocycles. The van der Waals surface area contributed by atoms with Gasteiger partial charge in [0.1, 0.15) is 5.69 Å². The highest BCUT2D eigenvalue weighted by Gasteiger charge is 2.14. The number of hydrogen-bond donors (Lipinski definition) is 0. The fourth-order valence-electron chi connectivity index (χ4n) is 2.26. The van der Waals surface area contributed by atoms with Crippen LogP contribution in [0.1, 0.15) is 16.1 Å². The van der Waals surface area contributed by atoms with Crippen LogP contribution in [0.15, 0.2) is 33.9 Å². The number of benzene rings is 1. The zero-order valence-corrected chi connectivity index (χ0v) is 14.2. The second-order valence-corrected chi connectivity index (χ2v) is 6.61. The molecule has 21 heavy (non-hydrogen) atoms. The third kappa shape index (κ3) is 2.36. The Kier molecular flexibility index (Phi) is 3.54. The van der Waals surface area contributed by atoms with Gasteiger partial charge in [-0.25, -0.2) is 0 Å². The van der Waals surface area contributed by atoms with E-state index in [0.717, 1.165) is 20.3 Å². The van der Waals surface area contributed by atoms with Gasteiger partial charge in [0.25, 0.3) is 5.91 Å². The van der Waals surface area contributed by atoms with Crippen molar-refractivity contribution in [3.05, 3.63) is 44.9 Å².